The van der Waals surface area contributed by atoms with Crippen LogP contribution in [-0.4, -0.2) is 26.3 Å². The second kappa shape index (κ2) is 8.74. The number of nitrogens with two attached hydrogens (primary N) is 2. The van der Waals surface area contributed by atoms with Gasteiger partial charge in [0.15, 0.2) is 0 Å². The number of unbranched alkanes of at least 4 members (excludes halogenated alkanes) is 2. The third-order valence-electron chi connectivity index (χ3n) is 4.15. The normalized spacial score (nSPS) is 11.3. The van der Waals surface area contributed by atoms with E-state index < -0.39 is 0 Å². The number of furan rings is 1. The molecule has 0 bridgehead atoms. The van der Waals surface area contributed by atoms with Gasteiger partial charge in [-0.2, -0.15) is 0 Å². The van der Waals surface area contributed by atoms with E-state index in [0.29, 0.717) is 26.3 Å². The fraction of sp³-hybridized carbons (Fsp3) is 0.400. The third-order valence-corrected chi connectivity index (χ3v) is 4.15. The first kappa shape index (κ1) is 17.6. The van der Waals surface area contributed by atoms with Crippen molar-refractivity contribution in [3.8, 4) is 11.5 Å². The van der Waals surface area contributed by atoms with E-state index in [1.807, 2.05) is 36.4 Å². The maximum absolute atomic E-state index is 5.90. The van der Waals surface area contributed by atoms with Crippen LogP contribution in [0.5, 0.6) is 11.5 Å². The molecule has 0 aliphatic rings. The molecule has 0 aliphatic carbocycles. The van der Waals surface area contributed by atoms with Crippen LogP contribution in [-0.2, 0) is 0 Å². The van der Waals surface area contributed by atoms with Gasteiger partial charge in [0.05, 0.1) is 13.2 Å². The van der Waals surface area contributed by atoms with E-state index in [2.05, 4.69) is 0 Å². The zero-order chi connectivity index (χ0) is 17.5. The Bertz CT molecular complexity index is 747. The summed E-state index contributed by atoms with van der Waals surface area (Å²) in [5.41, 5.74) is 12.7. The highest BCUT2D eigenvalue weighted by atomic mass is 16.5. The van der Waals surface area contributed by atoms with Crippen LogP contribution in [0.3, 0.4) is 0 Å². The summed E-state index contributed by atoms with van der Waals surface area (Å²) in [6.07, 6.45) is 3.87. The summed E-state index contributed by atoms with van der Waals surface area (Å²) < 4.78 is 17.5. The van der Waals surface area contributed by atoms with Crippen LogP contribution in [0.4, 0.5) is 0 Å². The molecule has 1 aromatic heterocycles. The lowest BCUT2D eigenvalue weighted by atomic mass is 10.1. The van der Waals surface area contributed by atoms with Gasteiger partial charge in [-0.05, 0) is 75.2 Å². The van der Waals surface area contributed by atoms with Gasteiger partial charge in [0.25, 0.3) is 0 Å². The van der Waals surface area contributed by atoms with E-state index in [4.69, 9.17) is 25.4 Å². The summed E-state index contributed by atoms with van der Waals surface area (Å²) in [7, 11) is 0. The molecule has 4 N–H and O–H groups in total. The van der Waals surface area contributed by atoms with Crippen LogP contribution in [0.2, 0.25) is 0 Å². The van der Waals surface area contributed by atoms with Crippen molar-refractivity contribution >= 4 is 21.9 Å². The molecular weight excluding hydrogens is 316 g/mol. The monoisotopic (exact) mass is 342 g/mol. The minimum absolute atomic E-state index is 0.675. The molecule has 0 fully saturated rings. The zero-order valence-electron chi connectivity index (χ0n) is 14.5. The van der Waals surface area contributed by atoms with Gasteiger partial charge < -0.3 is 25.4 Å². The van der Waals surface area contributed by atoms with Crippen LogP contribution in [0, 0.1) is 0 Å². The number of benzene rings is 2. The molecule has 3 aromatic rings. The maximum atomic E-state index is 5.90. The summed E-state index contributed by atoms with van der Waals surface area (Å²) in [6.45, 7) is 2.74. The Hall–Kier alpha value is -2.24. The molecule has 25 heavy (non-hydrogen) atoms. The lowest BCUT2D eigenvalue weighted by Crippen LogP contribution is -2.03. The average Bonchev–Trinajstić information content (AvgIpc) is 3.00. The molecule has 0 saturated carbocycles. The summed E-state index contributed by atoms with van der Waals surface area (Å²) in [5, 5.41) is 2.08. The number of rotatable bonds is 10. The first-order valence-corrected chi connectivity index (χ1v) is 8.94. The Kier molecular flexibility index (Phi) is 6.14. The molecule has 0 spiro atoms. The topological polar surface area (TPSA) is 83.6 Å². The first-order valence-electron chi connectivity index (χ1n) is 8.94. The van der Waals surface area contributed by atoms with Crippen molar-refractivity contribution in [1.29, 1.82) is 0 Å². The van der Waals surface area contributed by atoms with Gasteiger partial charge in [0.1, 0.15) is 22.7 Å². The Morgan fingerprint density at radius 1 is 0.680 bits per heavy atom. The minimum atomic E-state index is 0.675. The molecule has 134 valence electrons. The maximum Gasteiger partial charge on any atom is 0.135 e. The van der Waals surface area contributed by atoms with E-state index >= 15 is 0 Å². The Labute approximate surface area is 147 Å². The summed E-state index contributed by atoms with van der Waals surface area (Å²) in [5.74, 6) is 1.70. The van der Waals surface area contributed by atoms with Crippen molar-refractivity contribution in [3.05, 3.63) is 36.4 Å². The van der Waals surface area contributed by atoms with E-state index in [1.54, 1.807) is 0 Å². The van der Waals surface area contributed by atoms with Crippen LogP contribution in [0.25, 0.3) is 21.9 Å². The van der Waals surface area contributed by atoms with Crippen molar-refractivity contribution in [1.82, 2.24) is 0 Å². The molecule has 1 heterocycles. The highest BCUT2D eigenvalue weighted by Crippen LogP contribution is 2.33. The second-order valence-electron chi connectivity index (χ2n) is 6.11. The number of fused-ring (bicyclic) bond motifs is 3. The standard InChI is InChI=1S/C20H26N2O3/c21-9-1-3-11-23-15-5-7-19-17(13-15)18-14-16(6-8-20(18)25-19)24-12-4-2-10-22/h5-8,13-14H,1-4,9-12,21-22H2. The molecule has 2 aromatic carbocycles. The summed E-state index contributed by atoms with van der Waals surface area (Å²) in [6, 6.07) is 11.9. The SMILES string of the molecule is NCCCCOc1ccc2oc3ccc(OCCCCN)cc3c2c1. The highest BCUT2D eigenvalue weighted by molar-refractivity contribution is 6.05. The van der Waals surface area contributed by atoms with E-state index in [-0.39, 0.29) is 0 Å². The number of hydrogen-bond acceptors (Lipinski definition) is 5. The fourth-order valence-corrected chi connectivity index (χ4v) is 2.79. The molecule has 0 amide bonds. The molecule has 5 heteroatoms. The largest absolute Gasteiger partial charge is 0.494 e. The fourth-order valence-electron chi connectivity index (χ4n) is 2.79. The Balaban J connectivity index is 1.77. The second-order valence-corrected chi connectivity index (χ2v) is 6.11. The van der Waals surface area contributed by atoms with Gasteiger partial charge in [-0.25, -0.2) is 0 Å². The van der Waals surface area contributed by atoms with Crippen LogP contribution in [0.1, 0.15) is 25.7 Å². The van der Waals surface area contributed by atoms with Gasteiger partial charge >= 0.3 is 0 Å². The van der Waals surface area contributed by atoms with Crippen molar-refractivity contribution in [3.63, 3.8) is 0 Å². The number of hydrogen-bond donors (Lipinski definition) is 2. The lowest BCUT2D eigenvalue weighted by Gasteiger charge is -2.06. The predicted molar refractivity (Wildman–Crippen MR) is 101 cm³/mol. The van der Waals surface area contributed by atoms with Gasteiger partial charge in [0, 0.05) is 10.8 Å². The molecule has 3 rings (SSSR count). The highest BCUT2D eigenvalue weighted by Gasteiger charge is 2.09. The van der Waals surface area contributed by atoms with Crippen molar-refractivity contribution in [2.75, 3.05) is 26.3 Å². The molecule has 0 unspecified atom stereocenters. The molecule has 0 saturated heterocycles. The first-order chi connectivity index (χ1) is 12.3. The summed E-state index contributed by atoms with van der Waals surface area (Å²) >= 11 is 0. The van der Waals surface area contributed by atoms with Crippen molar-refractivity contribution < 1.29 is 13.9 Å². The molecular formula is C20H26N2O3. The number of ether oxygens (including phenoxy) is 2. The van der Waals surface area contributed by atoms with E-state index in [0.717, 1.165) is 59.1 Å². The minimum Gasteiger partial charge on any atom is -0.494 e. The Morgan fingerprint density at radius 3 is 1.60 bits per heavy atom. The van der Waals surface area contributed by atoms with E-state index in [9.17, 15) is 0 Å². The smallest absolute Gasteiger partial charge is 0.135 e. The lowest BCUT2D eigenvalue weighted by molar-refractivity contribution is 0.308. The predicted octanol–water partition coefficient (Wildman–Crippen LogP) is 3.82. The zero-order valence-corrected chi connectivity index (χ0v) is 14.5. The average molecular weight is 342 g/mol. The van der Waals surface area contributed by atoms with Crippen LogP contribution < -0.4 is 20.9 Å². The van der Waals surface area contributed by atoms with Crippen molar-refractivity contribution in [2.45, 2.75) is 25.7 Å². The third kappa shape index (κ3) is 4.44. The molecule has 0 atom stereocenters. The Morgan fingerprint density at radius 2 is 1.16 bits per heavy atom. The van der Waals surface area contributed by atoms with Gasteiger partial charge in [-0.3, -0.25) is 0 Å². The molecule has 0 radical (unpaired) electrons. The quantitative estimate of drug-likeness (QED) is 0.547. The van der Waals surface area contributed by atoms with Crippen LogP contribution in [0.15, 0.2) is 40.8 Å². The van der Waals surface area contributed by atoms with Gasteiger partial charge in [-0.15, -0.1) is 0 Å². The molecule has 5 nitrogen and oxygen atoms in total. The van der Waals surface area contributed by atoms with Gasteiger partial charge in [0.2, 0.25) is 0 Å². The molecule has 0 aliphatic heterocycles. The van der Waals surface area contributed by atoms with E-state index in [1.165, 1.54) is 0 Å². The van der Waals surface area contributed by atoms with Crippen LogP contribution >= 0.6 is 0 Å². The van der Waals surface area contributed by atoms with Gasteiger partial charge in [-0.1, -0.05) is 0 Å². The van der Waals surface area contributed by atoms with Crippen molar-refractivity contribution in [2.24, 2.45) is 11.5 Å². The summed E-state index contributed by atoms with van der Waals surface area (Å²) in [4.78, 5) is 0.